The van der Waals surface area contributed by atoms with E-state index in [4.69, 9.17) is 22.1 Å². The van der Waals surface area contributed by atoms with Crippen molar-refractivity contribution in [2.45, 2.75) is 20.3 Å². The fourth-order valence-electron chi connectivity index (χ4n) is 1.28. The molecule has 0 amide bonds. The molecular weight excluding hydrogens is 198 g/mol. The third kappa shape index (κ3) is 1.55. The average molecular weight is 206 g/mol. The summed E-state index contributed by atoms with van der Waals surface area (Å²) in [6.07, 6.45) is 0.700. The first kappa shape index (κ1) is 10.5. The molecule has 0 aromatic carbocycles. The number of halogens is 1. The van der Waals surface area contributed by atoms with Gasteiger partial charge in [-0.05, 0) is 18.9 Å². The molecule has 70 valence electrons. The van der Waals surface area contributed by atoms with Gasteiger partial charge in [-0.25, -0.2) is 4.98 Å². The second kappa shape index (κ2) is 4.09. The number of nitrogens with zero attached hydrogens (tertiary/aromatic N) is 3. The van der Waals surface area contributed by atoms with E-state index in [1.54, 1.807) is 6.92 Å². The fraction of sp³-hybridized carbons (Fsp3) is 0.300. The Balaban J connectivity index is 3.61. The van der Waals surface area contributed by atoms with Crippen molar-refractivity contribution in [3.63, 3.8) is 0 Å². The smallest absolute Gasteiger partial charge is 0.148 e. The summed E-state index contributed by atoms with van der Waals surface area (Å²) in [5.41, 5.74) is 2.02. The van der Waals surface area contributed by atoms with Gasteiger partial charge in [0, 0.05) is 5.69 Å². The molecule has 3 nitrogen and oxygen atoms in total. The van der Waals surface area contributed by atoms with Gasteiger partial charge in [0.05, 0.1) is 5.56 Å². The first-order valence-corrected chi connectivity index (χ1v) is 4.52. The molecule has 0 bridgehead atoms. The summed E-state index contributed by atoms with van der Waals surface area (Å²) < 4.78 is 0. The van der Waals surface area contributed by atoms with E-state index < -0.39 is 0 Å². The molecular formula is C10H8ClN3. The highest BCUT2D eigenvalue weighted by Gasteiger charge is 2.14. The molecule has 0 saturated carbocycles. The zero-order valence-electron chi connectivity index (χ0n) is 7.93. The second-order valence-electron chi connectivity index (χ2n) is 2.80. The Morgan fingerprint density at radius 3 is 2.29 bits per heavy atom. The van der Waals surface area contributed by atoms with Gasteiger partial charge in [-0.3, -0.25) is 0 Å². The van der Waals surface area contributed by atoms with Gasteiger partial charge in [0.15, 0.2) is 0 Å². The Morgan fingerprint density at radius 2 is 1.86 bits per heavy atom. The van der Waals surface area contributed by atoms with Crippen LogP contribution in [0.1, 0.15) is 29.3 Å². The maximum Gasteiger partial charge on any atom is 0.148 e. The lowest BCUT2D eigenvalue weighted by Gasteiger charge is -2.06. The predicted octanol–water partition coefficient (Wildman–Crippen LogP) is 2.35. The third-order valence-corrected chi connectivity index (χ3v) is 2.33. The minimum atomic E-state index is 0.117. The zero-order chi connectivity index (χ0) is 10.7. The molecule has 0 aliphatic heterocycles. The minimum absolute atomic E-state index is 0.117. The maximum absolute atomic E-state index is 8.89. The van der Waals surface area contributed by atoms with Crippen molar-refractivity contribution < 1.29 is 0 Å². The summed E-state index contributed by atoms with van der Waals surface area (Å²) in [5, 5.41) is 17.8. The zero-order valence-corrected chi connectivity index (χ0v) is 8.68. The molecule has 1 aromatic rings. The lowest BCUT2D eigenvalue weighted by molar-refractivity contribution is 1.000. The van der Waals surface area contributed by atoms with Crippen LogP contribution >= 0.6 is 11.6 Å². The summed E-state index contributed by atoms with van der Waals surface area (Å²) in [7, 11) is 0. The average Bonchev–Trinajstić information content (AvgIpc) is 2.20. The lowest BCUT2D eigenvalue weighted by atomic mass is 10.0. The van der Waals surface area contributed by atoms with Crippen LogP contribution in [-0.2, 0) is 6.42 Å². The molecule has 14 heavy (non-hydrogen) atoms. The van der Waals surface area contributed by atoms with Crippen LogP contribution < -0.4 is 0 Å². The van der Waals surface area contributed by atoms with Crippen LogP contribution in [0.15, 0.2) is 0 Å². The number of rotatable bonds is 1. The van der Waals surface area contributed by atoms with E-state index in [1.165, 1.54) is 0 Å². The SMILES string of the molecule is CCc1nc(Cl)c(C#N)c(C#N)c1C. The molecule has 4 heteroatoms. The first-order valence-electron chi connectivity index (χ1n) is 4.14. The first-order chi connectivity index (χ1) is 6.65. The fourth-order valence-corrected chi connectivity index (χ4v) is 1.52. The van der Waals surface area contributed by atoms with Gasteiger partial charge in [0.25, 0.3) is 0 Å². The second-order valence-corrected chi connectivity index (χ2v) is 3.16. The summed E-state index contributed by atoms with van der Waals surface area (Å²) in [4.78, 5) is 4.06. The Bertz CT molecular complexity index is 451. The van der Waals surface area contributed by atoms with Gasteiger partial charge in [-0.15, -0.1) is 0 Å². The number of hydrogen-bond donors (Lipinski definition) is 0. The van der Waals surface area contributed by atoms with E-state index in [1.807, 2.05) is 19.1 Å². The number of hydrogen-bond acceptors (Lipinski definition) is 3. The molecule has 0 saturated heterocycles. The van der Waals surface area contributed by atoms with Gasteiger partial charge >= 0.3 is 0 Å². The van der Waals surface area contributed by atoms with Crippen LogP contribution in [-0.4, -0.2) is 4.98 Å². The maximum atomic E-state index is 8.89. The Hall–Kier alpha value is -1.58. The number of aryl methyl sites for hydroxylation is 1. The Kier molecular flexibility index (Phi) is 3.06. The summed E-state index contributed by atoms with van der Waals surface area (Å²) in [6, 6.07) is 3.87. The molecule has 0 atom stereocenters. The quantitative estimate of drug-likeness (QED) is 0.662. The molecule has 0 aliphatic rings. The molecule has 1 heterocycles. The van der Waals surface area contributed by atoms with E-state index in [-0.39, 0.29) is 10.7 Å². The van der Waals surface area contributed by atoms with E-state index in [0.29, 0.717) is 12.0 Å². The molecule has 0 N–H and O–H groups in total. The van der Waals surface area contributed by atoms with Crippen LogP contribution in [0.5, 0.6) is 0 Å². The number of nitriles is 2. The monoisotopic (exact) mass is 205 g/mol. The molecule has 0 spiro atoms. The Morgan fingerprint density at radius 1 is 1.29 bits per heavy atom. The van der Waals surface area contributed by atoms with Crippen LogP contribution in [0.25, 0.3) is 0 Å². The summed E-state index contributed by atoms with van der Waals surface area (Å²) in [6.45, 7) is 3.71. The van der Waals surface area contributed by atoms with Crippen molar-refractivity contribution >= 4 is 11.6 Å². The van der Waals surface area contributed by atoms with E-state index in [0.717, 1.165) is 11.3 Å². The van der Waals surface area contributed by atoms with Gasteiger partial charge in [0.1, 0.15) is 22.9 Å². The van der Waals surface area contributed by atoms with Crippen molar-refractivity contribution in [3.05, 3.63) is 27.5 Å². The largest absolute Gasteiger partial charge is 0.239 e. The molecule has 0 fully saturated rings. The minimum Gasteiger partial charge on any atom is -0.239 e. The van der Waals surface area contributed by atoms with Crippen LogP contribution in [0, 0.1) is 29.6 Å². The van der Waals surface area contributed by atoms with E-state index >= 15 is 0 Å². The van der Waals surface area contributed by atoms with Crippen molar-refractivity contribution in [1.82, 2.24) is 4.98 Å². The Labute approximate surface area is 87.6 Å². The van der Waals surface area contributed by atoms with Crippen molar-refractivity contribution in [3.8, 4) is 12.1 Å². The number of pyridine rings is 1. The molecule has 1 aromatic heterocycles. The van der Waals surface area contributed by atoms with E-state index in [9.17, 15) is 0 Å². The van der Waals surface area contributed by atoms with Crippen LogP contribution in [0.2, 0.25) is 5.15 Å². The third-order valence-electron chi connectivity index (χ3n) is 2.06. The topological polar surface area (TPSA) is 60.5 Å². The lowest BCUT2D eigenvalue weighted by Crippen LogP contribution is -2.00. The molecule has 0 radical (unpaired) electrons. The molecule has 0 aliphatic carbocycles. The van der Waals surface area contributed by atoms with Gasteiger partial charge in [-0.2, -0.15) is 10.5 Å². The van der Waals surface area contributed by atoms with E-state index in [2.05, 4.69) is 4.98 Å². The normalized spacial score (nSPS) is 9.21. The van der Waals surface area contributed by atoms with Crippen molar-refractivity contribution in [2.24, 2.45) is 0 Å². The van der Waals surface area contributed by atoms with Crippen molar-refractivity contribution in [1.29, 1.82) is 10.5 Å². The highest BCUT2D eigenvalue weighted by molar-refractivity contribution is 6.30. The standard InChI is InChI=1S/C10H8ClN3/c1-3-9-6(2)7(4-12)8(5-13)10(11)14-9/h3H2,1-2H3. The van der Waals surface area contributed by atoms with Crippen LogP contribution in [0.3, 0.4) is 0 Å². The van der Waals surface area contributed by atoms with Gasteiger partial charge < -0.3 is 0 Å². The predicted molar refractivity (Wildman–Crippen MR) is 52.8 cm³/mol. The summed E-state index contributed by atoms with van der Waals surface area (Å²) >= 11 is 5.78. The number of aromatic nitrogens is 1. The summed E-state index contributed by atoms with van der Waals surface area (Å²) in [5.74, 6) is 0. The van der Waals surface area contributed by atoms with Gasteiger partial charge in [0.2, 0.25) is 0 Å². The molecule has 1 rings (SSSR count). The molecule has 0 unspecified atom stereocenters. The van der Waals surface area contributed by atoms with Crippen LogP contribution in [0.4, 0.5) is 0 Å². The van der Waals surface area contributed by atoms with Gasteiger partial charge in [-0.1, -0.05) is 18.5 Å². The highest BCUT2D eigenvalue weighted by Crippen LogP contribution is 2.22. The van der Waals surface area contributed by atoms with Crippen molar-refractivity contribution in [2.75, 3.05) is 0 Å². The highest BCUT2D eigenvalue weighted by atomic mass is 35.5.